The van der Waals surface area contributed by atoms with Crippen molar-refractivity contribution >= 4 is 23.1 Å². The van der Waals surface area contributed by atoms with Gasteiger partial charge in [-0.3, -0.25) is 15.2 Å². The van der Waals surface area contributed by atoms with Crippen molar-refractivity contribution in [1.29, 1.82) is 5.41 Å². The van der Waals surface area contributed by atoms with Gasteiger partial charge in [0.1, 0.15) is 0 Å². The van der Waals surface area contributed by atoms with E-state index in [0.717, 1.165) is 16.8 Å². The first-order valence-electron chi connectivity index (χ1n) is 7.40. The third kappa shape index (κ3) is 3.30. The van der Waals surface area contributed by atoms with E-state index in [1.807, 2.05) is 60.7 Å². The number of hydroxylamine groups is 1. The van der Waals surface area contributed by atoms with E-state index in [0.29, 0.717) is 10.7 Å². The van der Waals surface area contributed by atoms with Gasteiger partial charge in [-0.1, -0.05) is 48.0 Å². The third-order valence-corrected chi connectivity index (χ3v) is 3.89. The molecule has 0 saturated heterocycles. The summed E-state index contributed by atoms with van der Waals surface area (Å²) in [4.78, 5) is 9.77. The van der Waals surface area contributed by atoms with Gasteiger partial charge < -0.3 is 0 Å². The highest BCUT2D eigenvalue weighted by Crippen LogP contribution is 2.31. The van der Waals surface area contributed by atoms with Gasteiger partial charge in [0.2, 0.25) is 0 Å². The molecular weight excluding hydrogens is 322 g/mol. The van der Waals surface area contributed by atoms with Crippen LogP contribution < -0.4 is 5.06 Å². The van der Waals surface area contributed by atoms with E-state index < -0.39 is 0 Å². The Morgan fingerprint density at radius 1 is 1.04 bits per heavy atom. The van der Waals surface area contributed by atoms with E-state index in [9.17, 15) is 0 Å². The topological polar surface area (TPSA) is 49.2 Å². The average molecular weight is 338 g/mol. The van der Waals surface area contributed by atoms with Crippen molar-refractivity contribution in [3.8, 4) is 11.3 Å². The second-order valence-corrected chi connectivity index (χ2v) is 5.48. The SMILES string of the molecule is CON(C(=N)c1ccccc1)c1ccc(Cl)c(-c2ccccn2)c1. The lowest BCUT2D eigenvalue weighted by Gasteiger charge is -2.23. The highest BCUT2D eigenvalue weighted by Gasteiger charge is 2.16. The maximum atomic E-state index is 8.41. The summed E-state index contributed by atoms with van der Waals surface area (Å²) in [5, 5.41) is 10.5. The van der Waals surface area contributed by atoms with Gasteiger partial charge in [0, 0.05) is 17.3 Å². The minimum atomic E-state index is 0.243. The van der Waals surface area contributed by atoms with Crippen LogP contribution in [0, 0.1) is 5.41 Å². The molecule has 0 bridgehead atoms. The van der Waals surface area contributed by atoms with Crippen LogP contribution in [0.5, 0.6) is 0 Å². The fraction of sp³-hybridized carbons (Fsp3) is 0.0526. The van der Waals surface area contributed by atoms with Gasteiger partial charge >= 0.3 is 0 Å². The number of amidine groups is 1. The molecule has 1 heterocycles. The molecule has 0 aliphatic rings. The maximum Gasteiger partial charge on any atom is 0.157 e. The van der Waals surface area contributed by atoms with E-state index >= 15 is 0 Å². The molecule has 0 atom stereocenters. The van der Waals surface area contributed by atoms with Gasteiger partial charge in [0.05, 0.1) is 23.5 Å². The van der Waals surface area contributed by atoms with Crippen molar-refractivity contribution in [2.75, 3.05) is 12.2 Å². The van der Waals surface area contributed by atoms with Crippen molar-refractivity contribution in [3.05, 3.63) is 83.5 Å². The van der Waals surface area contributed by atoms with E-state index in [1.165, 1.54) is 12.2 Å². The lowest BCUT2D eigenvalue weighted by atomic mass is 10.1. The van der Waals surface area contributed by atoms with Crippen LogP contribution in [-0.4, -0.2) is 17.9 Å². The molecule has 0 unspecified atom stereocenters. The molecule has 4 nitrogen and oxygen atoms in total. The van der Waals surface area contributed by atoms with Crippen molar-refractivity contribution in [3.63, 3.8) is 0 Å². The normalized spacial score (nSPS) is 10.4. The zero-order chi connectivity index (χ0) is 16.9. The minimum absolute atomic E-state index is 0.243. The third-order valence-electron chi connectivity index (χ3n) is 3.56. The molecule has 2 aromatic carbocycles. The molecule has 0 fully saturated rings. The van der Waals surface area contributed by atoms with E-state index in [4.69, 9.17) is 21.8 Å². The number of aromatic nitrogens is 1. The first kappa shape index (κ1) is 16.2. The highest BCUT2D eigenvalue weighted by molar-refractivity contribution is 6.33. The zero-order valence-electron chi connectivity index (χ0n) is 13.1. The van der Waals surface area contributed by atoms with Gasteiger partial charge in [-0.05, 0) is 30.3 Å². The molecule has 0 aliphatic carbocycles. The fourth-order valence-corrected chi connectivity index (χ4v) is 2.61. The van der Waals surface area contributed by atoms with Crippen LogP contribution in [0.3, 0.4) is 0 Å². The van der Waals surface area contributed by atoms with Crippen molar-refractivity contribution in [1.82, 2.24) is 4.98 Å². The van der Waals surface area contributed by atoms with Crippen LogP contribution >= 0.6 is 11.6 Å². The van der Waals surface area contributed by atoms with Crippen LogP contribution in [0.1, 0.15) is 5.56 Å². The lowest BCUT2D eigenvalue weighted by molar-refractivity contribution is 0.210. The molecule has 120 valence electrons. The standard InChI is InChI=1S/C19H16ClN3O/c1-24-23(19(21)14-7-3-2-4-8-14)15-10-11-17(20)16(13-15)18-9-5-6-12-22-18/h2-13,21H,1H3. The maximum absolute atomic E-state index is 8.41. The Labute approximate surface area is 145 Å². The summed E-state index contributed by atoms with van der Waals surface area (Å²) < 4.78 is 0. The molecule has 0 amide bonds. The number of halogens is 1. The molecule has 3 rings (SSSR count). The Balaban J connectivity index is 2.00. The summed E-state index contributed by atoms with van der Waals surface area (Å²) in [7, 11) is 1.53. The van der Waals surface area contributed by atoms with Crippen molar-refractivity contribution in [2.24, 2.45) is 0 Å². The number of nitrogens with zero attached hydrogens (tertiary/aromatic N) is 2. The Kier molecular flexibility index (Phi) is 4.89. The second-order valence-electron chi connectivity index (χ2n) is 5.07. The number of hydrogen-bond acceptors (Lipinski definition) is 3. The summed E-state index contributed by atoms with van der Waals surface area (Å²) in [5.41, 5.74) is 3.02. The Hall–Kier alpha value is -2.69. The first-order valence-corrected chi connectivity index (χ1v) is 7.77. The van der Waals surface area contributed by atoms with E-state index in [-0.39, 0.29) is 5.84 Å². The van der Waals surface area contributed by atoms with Gasteiger partial charge in [-0.15, -0.1) is 0 Å². The van der Waals surface area contributed by atoms with E-state index in [2.05, 4.69) is 4.98 Å². The van der Waals surface area contributed by atoms with Crippen LogP contribution in [0.15, 0.2) is 72.9 Å². The second kappa shape index (κ2) is 7.25. The van der Waals surface area contributed by atoms with Gasteiger partial charge in [0.15, 0.2) is 5.84 Å². The number of rotatable bonds is 4. The molecule has 24 heavy (non-hydrogen) atoms. The summed E-state index contributed by atoms with van der Waals surface area (Å²) >= 11 is 6.32. The number of benzene rings is 2. The summed E-state index contributed by atoms with van der Waals surface area (Å²) in [6, 6.07) is 20.5. The largest absolute Gasteiger partial charge is 0.282 e. The molecule has 0 saturated carbocycles. The Bertz CT molecular complexity index is 838. The first-order chi connectivity index (χ1) is 11.7. The molecule has 0 radical (unpaired) electrons. The van der Waals surface area contributed by atoms with Crippen LogP contribution in [0.4, 0.5) is 5.69 Å². The Morgan fingerprint density at radius 2 is 1.79 bits per heavy atom. The zero-order valence-corrected chi connectivity index (χ0v) is 13.9. The molecule has 5 heteroatoms. The monoisotopic (exact) mass is 337 g/mol. The van der Waals surface area contributed by atoms with Gasteiger partial charge in [-0.2, -0.15) is 0 Å². The van der Waals surface area contributed by atoms with Crippen LogP contribution in [-0.2, 0) is 4.84 Å². The van der Waals surface area contributed by atoms with E-state index in [1.54, 1.807) is 12.3 Å². The van der Waals surface area contributed by atoms with Crippen molar-refractivity contribution in [2.45, 2.75) is 0 Å². The quantitative estimate of drug-likeness (QED) is 0.423. The van der Waals surface area contributed by atoms with Crippen LogP contribution in [0.2, 0.25) is 5.02 Å². The molecule has 3 aromatic rings. The smallest absolute Gasteiger partial charge is 0.157 e. The predicted octanol–water partition coefficient (Wildman–Crippen LogP) is 4.80. The average Bonchev–Trinajstić information content (AvgIpc) is 2.65. The number of pyridine rings is 1. The molecule has 1 aromatic heterocycles. The predicted molar refractivity (Wildman–Crippen MR) is 97.4 cm³/mol. The summed E-state index contributed by atoms with van der Waals surface area (Å²) in [6.07, 6.45) is 1.72. The number of anilines is 1. The number of nitrogens with one attached hydrogen (secondary N) is 1. The van der Waals surface area contributed by atoms with Gasteiger partial charge in [0.25, 0.3) is 0 Å². The molecular formula is C19H16ClN3O. The fourth-order valence-electron chi connectivity index (χ4n) is 2.40. The molecule has 0 aliphatic heterocycles. The van der Waals surface area contributed by atoms with Crippen LogP contribution in [0.25, 0.3) is 11.3 Å². The molecule has 1 N–H and O–H groups in total. The number of hydrogen-bond donors (Lipinski definition) is 1. The molecule has 0 spiro atoms. The lowest BCUT2D eigenvalue weighted by Crippen LogP contribution is -2.29. The van der Waals surface area contributed by atoms with Crippen molar-refractivity contribution < 1.29 is 4.84 Å². The highest BCUT2D eigenvalue weighted by atomic mass is 35.5. The van der Waals surface area contributed by atoms with Gasteiger partial charge in [-0.25, -0.2) is 5.06 Å². The Morgan fingerprint density at radius 3 is 2.46 bits per heavy atom. The summed E-state index contributed by atoms with van der Waals surface area (Å²) in [6.45, 7) is 0. The summed E-state index contributed by atoms with van der Waals surface area (Å²) in [5.74, 6) is 0.243. The minimum Gasteiger partial charge on any atom is -0.282 e.